The number of piperazine rings is 1. The molecule has 1 aromatic heterocycles. The van der Waals surface area contributed by atoms with E-state index in [-0.39, 0.29) is 29.7 Å². The smallest absolute Gasteiger partial charge is 0.220 e. The van der Waals surface area contributed by atoms with Crippen LogP contribution in [0.4, 0.5) is 0 Å². The number of rotatable bonds is 5. The van der Waals surface area contributed by atoms with Crippen LogP contribution in [0.1, 0.15) is 32.9 Å². The van der Waals surface area contributed by atoms with Crippen LogP contribution >= 0.6 is 24.0 Å². The van der Waals surface area contributed by atoms with Gasteiger partial charge < -0.3 is 14.7 Å². The maximum absolute atomic E-state index is 12.5. The van der Waals surface area contributed by atoms with Gasteiger partial charge in [-0.3, -0.25) is 4.99 Å². The molecular weight excluding hydrogens is 469 g/mol. The third kappa shape index (κ3) is 5.10. The Bertz CT molecular complexity index is 712. The van der Waals surface area contributed by atoms with E-state index in [0.717, 1.165) is 12.4 Å². The van der Waals surface area contributed by atoms with Crippen molar-refractivity contribution >= 4 is 40.0 Å². The summed E-state index contributed by atoms with van der Waals surface area (Å²) in [4.78, 5) is 6.74. The maximum atomic E-state index is 12.5. The Morgan fingerprint density at radius 3 is 2.54 bits per heavy atom. The van der Waals surface area contributed by atoms with Crippen LogP contribution < -0.4 is 5.32 Å². The molecule has 2 aliphatic rings. The largest absolute Gasteiger partial charge is 0.364 e. The molecule has 1 N–H and O–H groups in total. The zero-order chi connectivity index (χ0) is 18.1. The summed E-state index contributed by atoms with van der Waals surface area (Å²) in [6.07, 6.45) is 2.53. The van der Waals surface area contributed by atoms with Gasteiger partial charge in [0.1, 0.15) is 12.0 Å². The standard InChI is InChI=1S/C16H27N5O3S.HI/c1-4-17-15(18-14-11-16(14,2)3)20-6-8-21(9-7-20)25(22,23)12-13-5-10-24-19-13;/h5,10,14H,4,6-9,11-12H2,1-3H3,(H,17,18);1H. The van der Waals surface area contributed by atoms with Crippen molar-refractivity contribution in [1.82, 2.24) is 19.7 Å². The molecule has 0 radical (unpaired) electrons. The lowest BCUT2D eigenvalue weighted by Gasteiger charge is -2.36. The van der Waals surface area contributed by atoms with Crippen molar-refractivity contribution in [1.29, 1.82) is 0 Å². The second-order valence-electron chi connectivity index (χ2n) is 7.32. The number of hydrogen-bond acceptors (Lipinski definition) is 5. The van der Waals surface area contributed by atoms with Crippen molar-refractivity contribution < 1.29 is 12.9 Å². The monoisotopic (exact) mass is 497 g/mol. The fourth-order valence-corrected chi connectivity index (χ4v) is 4.45. The summed E-state index contributed by atoms with van der Waals surface area (Å²) in [5.74, 6) is 0.778. The van der Waals surface area contributed by atoms with Crippen LogP contribution in [0.25, 0.3) is 0 Å². The first-order chi connectivity index (χ1) is 11.8. The van der Waals surface area contributed by atoms with E-state index < -0.39 is 10.0 Å². The lowest BCUT2D eigenvalue weighted by atomic mass is 10.2. The third-order valence-electron chi connectivity index (χ3n) is 4.88. The molecule has 26 heavy (non-hydrogen) atoms. The molecule has 0 amide bonds. The fourth-order valence-electron chi connectivity index (χ4n) is 3.02. The molecule has 3 rings (SSSR count). The van der Waals surface area contributed by atoms with E-state index in [2.05, 4.69) is 34.2 Å². The molecule has 2 fully saturated rings. The Labute approximate surface area is 172 Å². The van der Waals surface area contributed by atoms with Crippen LogP contribution in [0.5, 0.6) is 0 Å². The number of nitrogens with zero attached hydrogens (tertiary/aromatic N) is 4. The van der Waals surface area contributed by atoms with Gasteiger partial charge in [0.05, 0.1) is 5.69 Å². The van der Waals surface area contributed by atoms with E-state index in [1.54, 1.807) is 6.07 Å². The third-order valence-corrected chi connectivity index (χ3v) is 6.69. The molecule has 1 saturated carbocycles. The van der Waals surface area contributed by atoms with E-state index in [1.165, 1.54) is 10.6 Å². The highest BCUT2D eigenvalue weighted by Gasteiger charge is 2.46. The molecular formula is C16H28IN5O3S. The van der Waals surface area contributed by atoms with Crippen molar-refractivity contribution in [2.75, 3.05) is 32.7 Å². The molecule has 1 aromatic rings. The molecule has 8 nitrogen and oxygen atoms in total. The normalized spacial score (nSPS) is 23.4. The number of hydrogen-bond donors (Lipinski definition) is 1. The summed E-state index contributed by atoms with van der Waals surface area (Å²) in [5.41, 5.74) is 0.755. The second-order valence-corrected chi connectivity index (χ2v) is 9.29. The predicted octanol–water partition coefficient (Wildman–Crippen LogP) is 1.50. The Morgan fingerprint density at radius 1 is 1.38 bits per heavy atom. The van der Waals surface area contributed by atoms with Crippen molar-refractivity contribution in [2.45, 2.75) is 39.0 Å². The van der Waals surface area contributed by atoms with Gasteiger partial charge in [-0.15, -0.1) is 24.0 Å². The van der Waals surface area contributed by atoms with Crippen LogP contribution in [-0.2, 0) is 15.8 Å². The van der Waals surface area contributed by atoms with Gasteiger partial charge in [-0.05, 0) is 18.8 Å². The van der Waals surface area contributed by atoms with E-state index in [1.807, 2.05) is 6.92 Å². The summed E-state index contributed by atoms with van der Waals surface area (Å²) in [6, 6.07) is 2.04. The number of sulfonamides is 1. The molecule has 0 bridgehead atoms. The van der Waals surface area contributed by atoms with Crippen LogP contribution in [0.3, 0.4) is 0 Å². The van der Waals surface area contributed by atoms with Gasteiger partial charge in [-0.25, -0.2) is 8.42 Å². The topological polar surface area (TPSA) is 91.0 Å². The van der Waals surface area contributed by atoms with Crippen LogP contribution in [-0.4, -0.2) is 67.5 Å². The van der Waals surface area contributed by atoms with Crippen molar-refractivity contribution in [2.24, 2.45) is 10.4 Å². The van der Waals surface area contributed by atoms with Gasteiger partial charge >= 0.3 is 0 Å². The molecule has 0 spiro atoms. The van der Waals surface area contributed by atoms with E-state index in [0.29, 0.717) is 49.9 Å². The summed E-state index contributed by atoms with van der Waals surface area (Å²) >= 11 is 0. The van der Waals surface area contributed by atoms with E-state index >= 15 is 0 Å². The van der Waals surface area contributed by atoms with Crippen LogP contribution in [0, 0.1) is 5.41 Å². The van der Waals surface area contributed by atoms with Crippen molar-refractivity contribution in [3.05, 3.63) is 18.0 Å². The molecule has 1 aliphatic carbocycles. The quantitative estimate of drug-likeness (QED) is 0.377. The first-order valence-electron chi connectivity index (χ1n) is 8.75. The predicted molar refractivity (Wildman–Crippen MR) is 111 cm³/mol. The minimum Gasteiger partial charge on any atom is -0.364 e. The molecule has 1 aliphatic heterocycles. The Kier molecular flexibility index (Phi) is 6.94. The van der Waals surface area contributed by atoms with Gasteiger partial charge in [-0.1, -0.05) is 19.0 Å². The maximum Gasteiger partial charge on any atom is 0.220 e. The highest BCUT2D eigenvalue weighted by Crippen LogP contribution is 2.44. The van der Waals surface area contributed by atoms with Crippen LogP contribution in [0.15, 0.2) is 21.8 Å². The Balaban J connectivity index is 0.00000243. The number of aliphatic imine (C=N–C) groups is 1. The minimum atomic E-state index is -3.37. The minimum absolute atomic E-state index is 0. The van der Waals surface area contributed by atoms with E-state index in [9.17, 15) is 8.42 Å². The molecule has 1 saturated heterocycles. The summed E-state index contributed by atoms with van der Waals surface area (Å²) in [6.45, 7) is 9.38. The molecule has 10 heteroatoms. The highest BCUT2D eigenvalue weighted by molar-refractivity contribution is 14.0. The van der Waals surface area contributed by atoms with Gasteiger partial charge in [0.15, 0.2) is 5.96 Å². The van der Waals surface area contributed by atoms with Gasteiger partial charge in [0.2, 0.25) is 10.0 Å². The van der Waals surface area contributed by atoms with Crippen molar-refractivity contribution in [3.8, 4) is 0 Å². The van der Waals surface area contributed by atoms with Gasteiger partial charge in [-0.2, -0.15) is 4.31 Å². The molecule has 1 unspecified atom stereocenters. The summed E-state index contributed by atoms with van der Waals surface area (Å²) in [5, 5.41) is 7.22. The second kappa shape index (κ2) is 8.42. The fraction of sp³-hybridized carbons (Fsp3) is 0.750. The SMILES string of the molecule is CCN=C(NC1CC1(C)C)N1CCN(S(=O)(=O)Cc2ccon2)CC1.I. The molecule has 0 aromatic carbocycles. The first-order valence-corrected chi connectivity index (χ1v) is 10.4. The average molecular weight is 497 g/mol. The van der Waals surface area contributed by atoms with Gasteiger partial charge in [0.25, 0.3) is 0 Å². The lowest BCUT2D eigenvalue weighted by molar-refractivity contribution is 0.259. The molecule has 2 heterocycles. The number of nitrogens with one attached hydrogen (secondary N) is 1. The van der Waals surface area contributed by atoms with Crippen molar-refractivity contribution in [3.63, 3.8) is 0 Å². The average Bonchev–Trinajstić information content (AvgIpc) is 2.94. The van der Waals surface area contributed by atoms with Crippen LogP contribution in [0.2, 0.25) is 0 Å². The summed E-state index contributed by atoms with van der Waals surface area (Å²) < 4.78 is 31.3. The zero-order valence-corrected chi connectivity index (χ0v) is 18.7. The van der Waals surface area contributed by atoms with Gasteiger partial charge in [0, 0.05) is 44.8 Å². The zero-order valence-electron chi connectivity index (χ0n) is 15.5. The molecule has 148 valence electrons. The Morgan fingerprint density at radius 2 is 2.04 bits per heavy atom. The lowest BCUT2D eigenvalue weighted by Crippen LogP contribution is -2.54. The first kappa shape index (κ1) is 21.4. The number of halogens is 1. The Hall–Kier alpha value is -0.880. The molecule has 1 atom stereocenters. The van der Waals surface area contributed by atoms with E-state index in [4.69, 9.17) is 4.52 Å². The highest BCUT2D eigenvalue weighted by atomic mass is 127. The summed E-state index contributed by atoms with van der Waals surface area (Å²) in [7, 11) is -3.37. The number of aromatic nitrogens is 1. The number of guanidine groups is 1.